The van der Waals surface area contributed by atoms with E-state index < -0.39 is 15.4 Å². The van der Waals surface area contributed by atoms with Crippen molar-refractivity contribution < 1.29 is 13.2 Å². The van der Waals surface area contributed by atoms with Crippen molar-refractivity contribution in [2.75, 3.05) is 4.72 Å². The molecule has 0 radical (unpaired) electrons. The van der Waals surface area contributed by atoms with Crippen molar-refractivity contribution in [3.05, 3.63) is 95.6 Å². The number of anilines is 1. The van der Waals surface area contributed by atoms with E-state index in [1.165, 1.54) is 0 Å². The Morgan fingerprint density at radius 3 is 2.13 bits per heavy atom. The molecule has 1 aliphatic carbocycles. The first-order chi connectivity index (χ1) is 14.4. The highest BCUT2D eigenvalue weighted by Gasteiger charge is 2.51. The third-order valence-electron chi connectivity index (χ3n) is 5.50. The number of sulfonamides is 1. The summed E-state index contributed by atoms with van der Waals surface area (Å²) in [6.45, 7) is 2.40. The minimum absolute atomic E-state index is 0.0133. The molecule has 0 unspecified atom stereocenters. The molecule has 154 valence electrons. The van der Waals surface area contributed by atoms with E-state index in [-0.39, 0.29) is 10.8 Å². The SMILES string of the molecule is Cc1ccc(S(=O)(=O)Nc2ccc(C3(C(=O)NCc4ccccc4)CC3)cc2)cc1. The molecule has 0 aromatic heterocycles. The first kappa shape index (κ1) is 20.2. The summed E-state index contributed by atoms with van der Waals surface area (Å²) in [6.07, 6.45) is 1.59. The summed E-state index contributed by atoms with van der Waals surface area (Å²) in [5.74, 6) is 0.0133. The van der Waals surface area contributed by atoms with Crippen LogP contribution >= 0.6 is 0 Å². The lowest BCUT2D eigenvalue weighted by Gasteiger charge is -2.17. The molecule has 6 heteroatoms. The summed E-state index contributed by atoms with van der Waals surface area (Å²) >= 11 is 0. The van der Waals surface area contributed by atoms with Gasteiger partial charge in [0, 0.05) is 12.2 Å². The topological polar surface area (TPSA) is 75.3 Å². The molecule has 1 aliphatic rings. The predicted octanol–water partition coefficient (Wildman–Crippen LogP) is 4.14. The molecule has 4 rings (SSSR count). The van der Waals surface area contributed by atoms with Crippen LogP contribution in [-0.2, 0) is 26.8 Å². The minimum Gasteiger partial charge on any atom is -0.351 e. The molecule has 3 aromatic carbocycles. The van der Waals surface area contributed by atoms with Gasteiger partial charge in [0.15, 0.2) is 0 Å². The monoisotopic (exact) mass is 420 g/mol. The molecule has 0 atom stereocenters. The average Bonchev–Trinajstić information content (AvgIpc) is 3.55. The van der Waals surface area contributed by atoms with E-state index in [0.29, 0.717) is 12.2 Å². The maximum Gasteiger partial charge on any atom is 0.261 e. The Balaban J connectivity index is 1.44. The third-order valence-corrected chi connectivity index (χ3v) is 6.90. The van der Waals surface area contributed by atoms with Crippen molar-refractivity contribution in [1.29, 1.82) is 0 Å². The van der Waals surface area contributed by atoms with Crippen LogP contribution in [0, 0.1) is 6.92 Å². The van der Waals surface area contributed by atoms with Crippen LogP contribution < -0.4 is 10.0 Å². The zero-order chi connectivity index (χ0) is 21.2. The highest BCUT2D eigenvalue weighted by atomic mass is 32.2. The number of carbonyl (C=O) groups excluding carboxylic acids is 1. The molecular formula is C24H24N2O3S. The Bertz CT molecular complexity index is 1140. The van der Waals surface area contributed by atoms with Crippen molar-refractivity contribution in [2.24, 2.45) is 0 Å². The molecule has 3 aromatic rings. The minimum atomic E-state index is -3.65. The van der Waals surface area contributed by atoms with Crippen molar-refractivity contribution in [3.8, 4) is 0 Å². The number of hydrogen-bond acceptors (Lipinski definition) is 3. The second-order valence-corrected chi connectivity index (χ2v) is 9.43. The number of aryl methyl sites for hydroxylation is 1. The van der Waals surface area contributed by atoms with Crippen LogP contribution in [0.3, 0.4) is 0 Å². The van der Waals surface area contributed by atoms with Gasteiger partial charge in [0.25, 0.3) is 10.0 Å². The molecule has 0 saturated heterocycles. The molecule has 1 fully saturated rings. The summed E-state index contributed by atoms with van der Waals surface area (Å²) in [7, 11) is -3.65. The fraction of sp³-hybridized carbons (Fsp3) is 0.208. The van der Waals surface area contributed by atoms with Gasteiger partial charge in [-0.25, -0.2) is 8.42 Å². The van der Waals surface area contributed by atoms with Crippen molar-refractivity contribution in [3.63, 3.8) is 0 Å². The van der Waals surface area contributed by atoms with Gasteiger partial charge in [-0.3, -0.25) is 9.52 Å². The molecule has 5 nitrogen and oxygen atoms in total. The summed E-state index contributed by atoms with van der Waals surface area (Å²) in [5.41, 5.74) is 2.93. The maximum absolute atomic E-state index is 12.8. The normalized spacial score (nSPS) is 14.7. The molecule has 0 spiro atoms. The van der Waals surface area contributed by atoms with E-state index in [1.807, 2.05) is 49.4 Å². The lowest BCUT2D eigenvalue weighted by atomic mass is 9.94. The molecular weight excluding hydrogens is 396 g/mol. The maximum atomic E-state index is 12.8. The number of benzene rings is 3. The zero-order valence-electron chi connectivity index (χ0n) is 16.8. The third kappa shape index (κ3) is 4.24. The van der Waals surface area contributed by atoms with Crippen molar-refractivity contribution in [1.82, 2.24) is 5.32 Å². The van der Waals surface area contributed by atoms with Gasteiger partial charge in [0.2, 0.25) is 5.91 Å². The van der Waals surface area contributed by atoms with Crippen molar-refractivity contribution >= 4 is 21.6 Å². The molecule has 1 amide bonds. The fourth-order valence-electron chi connectivity index (χ4n) is 3.51. The number of hydrogen-bond donors (Lipinski definition) is 2. The van der Waals surface area contributed by atoms with Crippen LogP contribution in [0.25, 0.3) is 0 Å². The summed E-state index contributed by atoms with van der Waals surface area (Å²) in [6, 6.07) is 23.6. The fourth-order valence-corrected chi connectivity index (χ4v) is 4.57. The molecule has 2 N–H and O–H groups in total. The highest BCUT2D eigenvalue weighted by molar-refractivity contribution is 7.92. The van der Waals surface area contributed by atoms with Crippen LogP contribution in [0.4, 0.5) is 5.69 Å². The van der Waals surface area contributed by atoms with E-state index in [0.717, 1.165) is 29.5 Å². The van der Waals surface area contributed by atoms with Crippen LogP contribution in [0.15, 0.2) is 83.8 Å². The van der Waals surface area contributed by atoms with Gasteiger partial charge in [0.05, 0.1) is 10.3 Å². The summed E-state index contributed by atoms with van der Waals surface area (Å²) in [5, 5.41) is 3.03. The Hall–Kier alpha value is -3.12. The second-order valence-electron chi connectivity index (χ2n) is 7.75. The van der Waals surface area contributed by atoms with Crippen LogP contribution in [0.1, 0.15) is 29.5 Å². The van der Waals surface area contributed by atoms with Gasteiger partial charge >= 0.3 is 0 Å². The predicted molar refractivity (Wildman–Crippen MR) is 118 cm³/mol. The lowest BCUT2D eigenvalue weighted by Crippen LogP contribution is -2.34. The summed E-state index contributed by atoms with van der Waals surface area (Å²) in [4.78, 5) is 13.0. The number of amides is 1. The number of carbonyl (C=O) groups is 1. The van der Waals surface area contributed by atoms with E-state index in [4.69, 9.17) is 0 Å². The molecule has 0 bridgehead atoms. The standard InChI is InChI=1S/C24H24N2O3S/c1-18-7-13-22(14-8-18)30(28,29)26-21-11-9-20(10-12-21)24(15-16-24)23(27)25-17-19-5-3-2-4-6-19/h2-14,26H,15-17H2,1H3,(H,25,27). The number of nitrogens with one attached hydrogen (secondary N) is 2. The van der Waals surface area contributed by atoms with Crippen LogP contribution in [0.5, 0.6) is 0 Å². The van der Waals surface area contributed by atoms with E-state index in [9.17, 15) is 13.2 Å². The van der Waals surface area contributed by atoms with E-state index >= 15 is 0 Å². The van der Waals surface area contributed by atoms with E-state index in [2.05, 4.69) is 10.0 Å². The van der Waals surface area contributed by atoms with E-state index in [1.54, 1.807) is 36.4 Å². The Labute approximate surface area is 177 Å². The Morgan fingerprint density at radius 2 is 1.53 bits per heavy atom. The molecule has 30 heavy (non-hydrogen) atoms. The van der Waals surface area contributed by atoms with Gasteiger partial charge in [-0.05, 0) is 55.2 Å². The van der Waals surface area contributed by atoms with Gasteiger partial charge in [-0.1, -0.05) is 60.2 Å². The zero-order valence-corrected chi connectivity index (χ0v) is 17.6. The van der Waals surface area contributed by atoms with Crippen LogP contribution in [0.2, 0.25) is 0 Å². The molecule has 0 heterocycles. The van der Waals surface area contributed by atoms with Gasteiger partial charge in [0.1, 0.15) is 0 Å². The molecule has 0 aliphatic heterocycles. The Kier molecular flexibility index (Phi) is 5.35. The lowest BCUT2D eigenvalue weighted by molar-refractivity contribution is -0.123. The second kappa shape index (κ2) is 7.95. The van der Waals surface area contributed by atoms with Gasteiger partial charge < -0.3 is 5.32 Å². The van der Waals surface area contributed by atoms with Crippen molar-refractivity contribution in [2.45, 2.75) is 36.6 Å². The first-order valence-corrected chi connectivity index (χ1v) is 11.4. The highest BCUT2D eigenvalue weighted by Crippen LogP contribution is 2.48. The smallest absolute Gasteiger partial charge is 0.261 e. The van der Waals surface area contributed by atoms with Gasteiger partial charge in [-0.2, -0.15) is 0 Å². The van der Waals surface area contributed by atoms with Gasteiger partial charge in [-0.15, -0.1) is 0 Å². The first-order valence-electron chi connectivity index (χ1n) is 9.91. The molecule has 1 saturated carbocycles. The largest absolute Gasteiger partial charge is 0.351 e. The average molecular weight is 421 g/mol. The quantitative estimate of drug-likeness (QED) is 0.603. The summed E-state index contributed by atoms with van der Waals surface area (Å²) < 4.78 is 27.7. The Morgan fingerprint density at radius 1 is 0.900 bits per heavy atom. The number of rotatable bonds is 7. The van der Waals surface area contributed by atoms with Crippen LogP contribution in [-0.4, -0.2) is 14.3 Å².